The predicted molar refractivity (Wildman–Crippen MR) is 29.3 cm³/mol. The normalized spacial score (nSPS) is 28.9. The van der Waals surface area contributed by atoms with Crippen molar-refractivity contribution in [2.24, 2.45) is 0 Å². The minimum absolute atomic E-state index is 0. The van der Waals surface area contributed by atoms with Gasteiger partial charge in [0, 0.05) is 6.54 Å². The number of nitrogens with one attached hydrogen (secondary N) is 1. The fourth-order valence-corrected chi connectivity index (χ4v) is 0.925. The van der Waals surface area contributed by atoms with Gasteiger partial charge in [0.05, 0.1) is 13.1 Å². The molecule has 0 radical (unpaired) electrons. The fraction of sp³-hybridized carbons (Fsp3) is 1.00. The quantitative estimate of drug-likeness (QED) is 0.270. The van der Waals surface area contributed by atoms with Gasteiger partial charge >= 0.3 is 0 Å². The molecule has 1 fully saturated rings. The van der Waals surface area contributed by atoms with E-state index in [2.05, 4.69) is 10.6 Å². The van der Waals surface area contributed by atoms with Gasteiger partial charge in [-0.1, -0.05) is 11.6 Å². The van der Waals surface area contributed by atoms with Crippen LogP contribution in [0.2, 0.25) is 0 Å². The van der Waals surface area contributed by atoms with Gasteiger partial charge in [-0.25, -0.2) is 0 Å². The molecular weight excluding hydrogens is 147 g/mol. The summed E-state index contributed by atoms with van der Waals surface area (Å²) in [5.41, 5.74) is 0.272. The van der Waals surface area contributed by atoms with E-state index in [4.69, 9.17) is 11.6 Å². The van der Waals surface area contributed by atoms with Crippen molar-refractivity contribution in [1.82, 2.24) is 5.32 Å². The number of quaternary nitrogens is 1. The number of nitrogens with two attached hydrogens (primary N) is 1. The van der Waals surface area contributed by atoms with Crippen molar-refractivity contribution in [3.05, 3.63) is 0 Å². The van der Waals surface area contributed by atoms with Crippen LogP contribution in [0.25, 0.3) is 0 Å². The van der Waals surface area contributed by atoms with Crippen molar-refractivity contribution in [2.45, 2.75) is 5.50 Å². The summed E-state index contributed by atoms with van der Waals surface area (Å²) in [6, 6.07) is 0. The molecule has 3 N–H and O–H groups in total. The summed E-state index contributed by atoms with van der Waals surface area (Å²) >= 11 is 5.70. The third-order valence-corrected chi connectivity index (χ3v) is 1.42. The minimum Gasteiger partial charge on any atom is -1.00 e. The molecule has 50 valence electrons. The van der Waals surface area contributed by atoms with Crippen LogP contribution in [0.4, 0.5) is 0 Å². The van der Waals surface area contributed by atoms with Gasteiger partial charge in [-0.3, -0.25) is 0 Å². The zero-order chi connectivity index (χ0) is 5.11. The highest BCUT2D eigenvalue weighted by Crippen LogP contribution is 1.80. The molecule has 4 heteroatoms. The Labute approximate surface area is 60.4 Å². The highest BCUT2D eigenvalue weighted by molar-refractivity contribution is 6.19. The topological polar surface area (TPSA) is 28.6 Å². The largest absolute Gasteiger partial charge is 1.00 e. The molecule has 1 aliphatic rings. The van der Waals surface area contributed by atoms with E-state index in [9.17, 15) is 0 Å². The lowest BCUT2D eigenvalue weighted by atomic mass is 10.4. The van der Waals surface area contributed by atoms with Crippen molar-refractivity contribution < 1.29 is 17.7 Å². The summed E-state index contributed by atoms with van der Waals surface area (Å²) in [4.78, 5) is 0. The molecule has 1 saturated heterocycles. The van der Waals surface area contributed by atoms with Crippen LogP contribution in [0.3, 0.4) is 0 Å². The lowest BCUT2D eigenvalue weighted by Crippen LogP contribution is -3.00. The smallest absolute Gasteiger partial charge is 0.174 e. The maximum Gasteiger partial charge on any atom is 0.174 e. The molecule has 0 aliphatic carbocycles. The summed E-state index contributed by atoms with van der Waals surface area (Å²) in [5.74, 6) is 0. The van der Waals surface area contributed by atoms with Crippen molar-refractivity contribution in [3.63, 3.8) is 0 Å². The van der Waals surface area contributed by atoms with E-state index >= 15 is 0 Å². The summed E-state index contributed by atoms with van der Waals surface area (Å²) in [5, 5.41) is 5.31. The Balaban J connectivity index is 0.000000490. The Hall–Kier alpha value is 0.500. The molecule has 0 saturated carbocycles. The van der Waals surface area contributed by atoms with E-state index in [1.807, 2.05) is 0 Å². The fourth-order valence-electron chi connectivity index (χ4n) is 0.690. The summed E-state index contributed by atoms with van der Waals surface area (Å²) in [7, 11) is 0. The Morgan fingerprint density at radius 2 is 2.38 bits per heavy atom. The maximum atomic E-state index is 5.70. The van der Waals surface area contributed by atoms with E-state index in [1.54, 1.807) is 0 Å². The predicted octanol–water partition coefficient (Wildman–Crippen LogP) is -4.28. The van der Waals surface area contributed by atoms with Crippen molar-refractivity contribution >= 4 is 11.6 Å². The van der Waals surface area contributed by atoms with Gasteiger partial charge in [-0.05, 0) is 0 Å². The zero-order valence-electron chi connectivity index (χ0n) is 4.53. The van der Waals surface area contributed by atoms with Crippen LogP contribution < -0.4 is 23.0 Å². The summed E-state index contributed by atoms with van der Waals surface area (Å²) in [6.07, 6.45) is 0. The third kappa shape index (κ3) is 2.72. The molecule has 2 nitrogen and oxygen atoms in total. The summed E-state index contributed by atoms with van der Waals surface area (Å²) in [6.45, 7) is 3.17. The average Bonchev–Trinajstić information content (AvgIpc) is 1.69. The average molecular weight is 157 g/mol. The number of alkyl halides is 1. The highest BCUT2D eigenvalue weighted by Gasteiger charge is 2.09. The van der Waals surface area contributed by atoms with Crippen LogP contribution in [0.15, 0.2) is 0 Å². The second-order valence-corrected chi connectivity index (χ2v) is 2.31. The van der Waals surface area contributed by atoms with Crippen LogP contribution in [0.1, 0.15) is 0 Å². The van der Waals surface area contributed by atoms with E-state index in [-0.39, 0.29) is 17.9 Å². The van der Waals surface area contributed by atoms with Gasteiger partial charge in [0.25, 0.3) is 0 Å². The van der Waals surface area contributed by atoms with Gasteiger partial charge in [-0.2, -0.15) is 0 Å². The SMILES string of the molecule is ClC1CNCC[NH2+]1.[Cl-]. The molecule has 0 bridgehead atoms. The molecule has 1 heterocycles. The molecule has 1 rings (SSSR count). The van der Waals surface area contributed by atoms with Crippen LogP contribution >= 0.6 is 11.6 Å². The highest BCUT2D eigenvalue weighted by atomic mass is 35.5. The standard InChI is InChI=1S/C4H9ClN2.ClH/c5-4-3-6-1-2-7-4;/h4,6-7H,1-3H2;1H. The number of hydrogen-bond donors (Lipinski definition) is 2. The number of halogens is 2. The molecule has 1 aliphatic heterocycles. The Bertz CT molecular complexity index is 54.0. The van der Waals surface area contributed by atoms with Crippen molar-refractivity contribution in [3.8, 4) is 0 Å². The van der Waals surface area contributed by atoms with Gasteiger partial charge in [0.2, 0.25) is 0 Å². The second kappa shape index (κ2) is 4.39. The Morgan fingerprint density at radius 3 is 2.62 bits per heavy atom. The lowest BCUT2D eigenvalue weighted by Gasteiger charge is -2.14. The van der Waals surface area contributed by atoms with E-state index < -0.39 is 0 Å². The molecule has 1 atom stereocenters. The van der Waals surface area contributed by atoms with Gasteiger partial charge < -0.3 is 23.0 Å². The van der Waals surface area contributed by atoms with Gasteiger partial charge in [-0.15, -0.1) is 0 Å². The van der Waals surface area contributed by atoms with Crippen molar-refractivity contribution in [2.75, 3.05) is 19.6 Å². The molecule has 0 aromatic carbocycles. The molecule has 0 aromatic heterocycles. The molecule has 0 aromatic rings. The van der Waals surface area contributed by atoms with E-state index in [0.29, 0.717) is 0 Å². The first-order chi connectivity index (χ1) is 3.39. The lowest BCUT2D eigenvalue weighted by molar-refractivity contribution is -0.673. The maximum absolute atomic E-state index is 5.70. The van der Waals surface area contributed by atoms with Crippen LogP contribution in [0.5, 0.6) is 0 Å². The summed E-state index contributed by atoms with van der Waals surface area (Å²) < 4.78 is 0. The van der Waals surface area contributed by atoms with Crippen LogP contribution in [-0.4, -0.2) is 25.1 Å². The third-order valence-electron chi connectivity index (χ3n) is 1.08. The molecule has 0 amide bonds. The monoisotopic (exact) mass is 156 g/mol. The number of piperazine rings is 1. The molecular formula is C4H10Cl2N2. The molecule has 8 heavy (non-hydrogen) atoms. The Kier molecular flexibility index (Phi) is 4.66. The zero-order valence-corrected chi connectivity index (χ0v) is 6.04. The van der Waals surface area contributed by atoms with Crippen molar-refractivity contribution in [1.29, 1.82) is 0 Å². The number of hydrogen-bond acceptors (Lipinski definition) is 1. The van der Waals surface area contributed by atoms with Gasteiger partial charge in [0.1, 0.15) is 0 Å². The Morgan fingerprint density at radius 1 is 1.62 bits per heavy atom. The van der Waals surface area contributed by atoms with E-state index in [0.717, 1.165) is 19.6 Å². The molecule has 1 unspecified atom stereocenters. The van der Waals surface area contributed by atoms with Gasteiger partial charge in [0.15, 0.2) is 5.50 Å². The first kappa shape index (κ1) is 8.50. The number of rotatable bonds is 0. The van der Waals surface area contributed by atoms with Crippen LogP contribution in [-0.2, 0) is 0 Å². The minimum atomic E-state index is 0. The van der Waals surface area contributed by atoms with Crippen LogP contribution in [0, 0.1) is 0 Å². The molecule has 0 spiro atoms. The second-order valence-electron chi connectivity index (χ2n) is 1.74. The first-order valence-electron chi connectivity index (χ1n) is 2.58. The first-order valence-corrected chi connectivity index (χ1v) is 3.01. The van der Waals surface area contributed by atoms with E-state index in [1.165, 1.54) is 0 Å².